The second-order valence-corrected chi connectivity index (χ2v) is 8.85. The first-order valence-electron chi connectivity index (χ1n) is 8.64. The van der Waals surface area contributed by atoms with Gasteiger partial charge in [-0.1, -0.05) is 46.6 Å². The highest BCUT2D eigenvalue weighted by atomic mass is 35.5. The zero-order valence-electron chi connectivity index (χ0n) is 15.8. The molecule has 3 aromatic rings. The van der Waals surface area contributed by atoms with Crippen molar-refractivity contribution in [2.24, 2.45) is 0 Å². The number of nitrogens with one attached hydrogen (secondary N) is 1. The first kappa shape index (κ1) is 21.0. The largest absolute Gasteiger partial charge is 0.346 e. The molecular weight excluding hydrogens is 416 g/mol. The lowest BCUT2D eigenvalue weighted by Gasteiger charge is -2.16. The Morgan fingerprint density at radius 1 is 1.21 bits per heavy atom. The molecule has 2 aromatic carbocycles. The van der Waals surface area contributed by atoms with E-state index in [-0.39, 0.29) is 23.9 Å². The van der Waals surface area contributed by atoms with Gasteiger partial charge in [0.2, 0.25) is 27.6 Å². The average Bonchev–Trinajstić information content (AvgIpc) is 3.16. The molecule has 0 aliphatic rings. The minimum atomic E-state index is -3.76. The molecule has 0 bridgehead atoms. The van der Waals surface area contributed by atoms with Crippen molar-refractivity contribution < 1.29 is 17.7 Å². The molecule has 0 saturated carbocycles. The van der Waals surface area contributed by atoms with Gasteiger partial charge in [-0.05, 0) is 31.2 Å². The van der Waals surface area contributed by atoms with E-state index in [2.05, 4.69) is 15.5 Å². The van der Waals surface area contributed by atoms with Gasteiger partial charge in [-0.25, -0.2) is 8.42 Å². The second kappa shape index (κ2) is 8.73. The fraction of sp³-hybridized carbons (Fsp3) is 0.211. The zero-order chi connectivity index (χ0) is 21.0. The van der Waals surface area contributed by atoms with Gasteiger partial charge in [-0.2, -0.15) is 9.29 Å². The van der Waals surface area contributed by atoms with Gasteiger partial charge >= 0.3 is 0 Å². The van der Waals surface area contributed by atoms with E-state index in [9.17, 15) is 13.2 Å². The molecule has 29 heavy (non-hydrogen) atoms. The summed E-state index contributed by atoms with van der Waals surface area (Å²) >= 11 is 5.94. The van der Waals surface area contributed by atoms with Crippen molar-refractivity contribution in [3.8, 4) is 11.4 Å². The molecule has 1 amide bonds. The van der Waals surface area contributed by atoms with Gasteiger partial charge in [-0.3, -0.25) is 4.79 Å². The number of carbonyl (C=O) groups excluding carboxylic acids is 1. The Balaban J connectivity index is 1.58. The van der Waals surface area contributed by atoms with Crippen LogP contribution in [0.2, 0.25) is 5.02 Å². The standard InChI is InChI=1S/C19H19ClN4O4S/c1-13-6-8-16(9-7-13)29(26,27)24(2)12-17(25)21-11-18-22-19(23-28-18)14-4-3-5-15(20)10-14/h3-10H,11-12H2,1-2H3,(H,21,25). The van der Waals surface area contributed by atoms with Gasteiger partial charge in [-0.15, -0.1) is 0 Å². The number of rotatable bonds is 7. The lowest BCUT2D eigenvalue weighted by Crippen LogP contribution is -2.38. The van der Waals surface area contributed by atoms with Gasteiger partial charge in [0.05, 0.1) is 18.0 Å². The summed E-state index contributed by atoms with van der Waals surface area (Å²) in [5, 5.41) is 6.96. The molecule has 1 aromatic heterocycles. The average molecular weight is 435 g/mol. The van der Waals surface area contributed by atoms with Crippen molar-refractivity contribution in [2.75, 3.05) is 13.6 Å². The predicted molar refractivity (Wildman–Crippen MR) is 108 cm³/mol. The van der Waals surface area contributed by atoms with E-state index in [1.165, 1.54) is 19.2 Å². The molecule has 152 valence electrons. The molecule has 0 aliphatic carbocycles. The normalized spacial score (nSPS) is 11.6. The smallest absolute Gasteiger partial charge is 0.246 e. The first-order valence-corrected chi connectivity index (χ1v) is 10.5. The maximum absolute atomic E-state index is 12.5. The number of aromatic nitrogens is 2. The van der Waals surface area contributed by atoms with E-state index in [4.69, 9.17) is 16.1 Å². The highest BCUT2D eigenvalue weighted by Crippen LogP contribution is 2.20. The number of hydrogen-bond acceptors (Lipinski definition) is 6. The molecule has 0 unspecified atom stereocenters. The van der Waals surface area contributed by atoms with E-state index in [1.54, 1.807) is 36.4 Å². The van der Waals surface area contributed by atoms with Crippen molar-refractivity contribution in [1.82, 2.24) is 19.8 Å². The number of carbonyl (C=O) groups is 1. The Bertz CT molecular complexity index is 1110. The molecule has 10 heteroatoms. The molecule has 0 radical (unpaired) electrons. The maximum atomic E-state index is 12.5. The van der Waals surface area contributed by atoms with Crippen LogP contribution in [-0.2, 0) is 21.4 Å². The van der Waals surface area contributed by atoms with Gasteiger partial charge in [0.15, 0.2) is 0 Å². The molecule has 0 fully saturated rings. The van der Waals surface area contributed by atoms with Crippen LogP contribution in [0, 0.1) is 6.92 Å². The van der Waals surface area contributed by atoms with Gasteiger partial charge in [0.1, 0.15) is 0 Å². The predicted octanol–water partition coefficient (Wildman–Crippen LogP) is 2.64. The van der Waals surface area contributed by atoms with Crippen LogP contribution in [0.4, 0.5) is 0 Å². The van der Waals surface area contributed by atoms with Crippen LogP contribution in [0.3, 0.4) is 0 Å². The van der Waals surface area contributed by atoms with Crippen LogP contribution < -0.4 is 5.32 Å². The lowest BCUT2D eigenvalue weighted by atomic mass is 10.2. The Hall–Kier alpha value is -2.75. The first-order chi connectivity index (χ1) is 13.8. The summed E-state index contributed by atoms with van der Waals surface area (Å²) in [5.41, 5.74) is 1.63. The third-order valence-corrected chi connectivity index (χ3v) is 6.14. The van der Waals surface area contributed by atoms with Gasteiger partial charge < -0.3 is 9.84 Å². The Labute approximate surface area is 173 Å². The highest BCUT2D eigenvalue weighted by Gasteiger charge is 2.23. The minimum absolute atomic E-state index is 0.0230. The minimum Gasteiger partial charge on any atom is -0.346 e. The van der Waals surface area contributed by atoms with E-state index in [0.29, 0.717) is 16.4 Å². The number of sulfonamides is 1. The summed E-state index contributed by atoms with van der Waals surface area (Å²) in [5.74, 6) is 0.0406. The number of likely N-dealkylation sites (N-methyl/N-ethyl adjacent to an activating group) is 1. The van der Waals surface area contributed by atoms with Crippen molar-refractivity contribution >= 4 is 27.5 Å². The monoisotopic (exact) mass is 434 g/mol. The summed E-state index contributed by atoms with van der Waals surface area (Å²) in [7, 11) is -2.42. The highest BCUT2D eigenvalue weighted by molar-refractivity contribution is 7.89. The molecule has 0 aliphatic heterocycles. The fourth-order valence-corrected chi connectivity index (χ4v) is 3.80. The van der Waals surface area contributed by atoms with E-state index >= 15 is 0 Å². The molecular formula is C19H19ClN4O4S. The number of amides is 1. The topological polar surface area (TPSA) is 105 Å². The van der Waals surface area contributed by atoms with Crippen LogP contribution in [0.5, 0.6) is 0 Å². The molecule has 3 rings (SSSR count). The Morgan fingerprint density at radius 3 is 2.62 bits per heavy atom. The number of nitrogens with zero attached hydrogens (tertiary/aromatic N) is 3. The third-order valence-electron chi connectivity index (χ3n) is 4.08. The summed E-state index contributed by atoms with van der Waals surface area (Å²) in [6, 6.07) is 13.4. The number of halogens is 1. The molecule has 1 N–H and O–H groups in total. The van der Waals surface area contributed by atoms with E-state index in [0.717, 1.165) is 9.87 Å². The van der Waals surface area contributed by atoms with Crippen molar-refractivity contribution in [3.05, 3.63) is 65.0 Å². The molecule has 0 saturated heterocycles. The molecule has 0 atom stereocenters. The molecule has 1 heterocycles. The van der Waals surface area contributed by atoms with Crippen molar-refractivity contribution in [2.45, 2.75) is 18.4 Å². The fourth-order valence-electron chi connectivity index (χ4n) is 2.48. The Kier molecular flexibility index (Phi) is 6.31. The van der Waals surface area contributed by atoms with E-state index < -0.39 is 15.9 Å². The second-order valence-electron chi connectivity index (χ2n) is 6.37. The maximum Gasteiger partial charge on any atom is 0.246 e. The lowest BCUT2D eigenvalue weighted by molar-refractivity contribution is -0.121. The van der Waals surface area contributed by atoms with Gasteiger partial charge in [0, 0.05) is 17.6 Å². The van der Waals surface area contributed by atoms with Crippen LogP contribution in [0.25, 0.3) is 11.4 Å². The van der Waals surface area contributed by atoms with Crippen LogP contribution >= 0.6 is 11.6 Å². The number of hydrogen-bond donors (Lipinski definition) is 1. The number of aryl methyl sites for hydroxylation is 1. The van der Waals surface area contributed by atoms with Gasteiger partial charge in [0.25, 0.3) is 0 Å². The molecule has 8 nitrogen and oxygen atoms in total. The van der Waals surface area contributed by atoms with Crippen LogP contribution in [0.1, 0.15) is 11.5 Å². The summed E-state index contributed by atoms with van der Waals surface area (Å²) in [6.07, 6.45) is 0. The molecule has 0 spiro atoms. The quantitative estimate of drug-likeness (QED) is 0.612. The van der Waals surface area contributed by atoms with Crippen molar-refractivity contribution in [3.63, 3.8) is 0 Å². The zero-order valence-corrected chi connectivity index (χ0v) is 17.4. The van der Waals surface area contributed by atoms with Crippen LogP contribution in [0.15, 0.2) is 57.9 Å². The summed E-state index contributed by atoms with van der Waals surface area (Å²) < 4.78 is 31.2. The third kappa shape index (κ3) is 5.20. The van der Waals surface area contributed by atoms with Crippen molar-refractivity contribution in [1.29, 1.82) is 0 Å². The van der Waals surface area contributed by atoms with Crippen LogP contribution in [-0.4, -0.2) is 42.4 Å². The SMILES string of the molecule is Cc1ccc(S(=O)(=O)N(C)CC(=O)NCc2nc(-c3cccc(Cl)c3)no2)cc1. The van der Waals surface area contributed by atoms with E-state index in [1.807, 2.05) is 6.92 Å². The summed E-state index contributed by atoms with van der Waals surface area (Å²) in [6.45, 7) is 1.50. The number of benzene rings is 2. The Morgan fingerprint density at radius 2 is 1.93 bits per heavy atom. The summed E-state index contributed by atoms with van der Waals surface area (Å²) in [4.78, 5) is 16.5.